The first-order chi connectivity index (χ1) is 10.6. The highest BCUT2D eigenvalue weighted by atomic mass is 79.9. The summed E-state index contributed by atoms with van der Waals surface area (Å²) in [5.74, 6) is 1.90. The third-order valence-electron chi connectivity index (χ3n) is 4.61. The predicted octanol–water partition coefficient (Wildman–Crippen LogP) is 3.54. The van der Waals surface area contributed by atoms with E-state index in [-0.39, 0.29) is 0 Å². The first-order valence-corrected chi connectivity index (χ1v) is 8.43. The Morgan fingerprint density at radius 3 is 2.64 bits per heavy atom. The van der Waals surface area contributed by atoms with Crippen molar-refractivity contribution in [3.8, 4) is 5.75 Å². The average molecular weight is 364 g/mol. The Morgan fingerprint density at radius 2 is 1.95 bits per heavy atom. The fraction of sp³-hybridized carbons (Fsp3) is 0.471. The van der Waals surface area contributed by atoms with Crippen LogP contribution in [0.5, 0.6) is 5.75 Å². The number of piperidine rings is 1. The first-order valence-electron chi connectivity index (χ1n) is 7.64. The summed E-state index contributed by atoms with van der Waals surface area (Å²) in [7, 11) is 6.05. The van der Waals surface area contributed by atoms with Crippen LogP contribution in [-0.4, -0.2) is 50.2 Å². The molecule has 0 radical (unpaired) electrons. The van der Waals surface area contributed by atoms with Gasteiger partial charge in [-0.2, -0.15) is 0 Å². The maximum absolute atomic E-state index is 5.40. The fourth-order valence-electron chi connectivity index (χ4n) is 3.18. The Morgan fingerprint density at radius 1 is 1.23 bits per heavy atom. The molecule has 1 aromatic heterocycles. The lowest BCUT2D eigenvalue weighted by molar-refractivity contribution is 0.252. The Bertz CT molecular complexity index is 668. The molecule has 118 valence electrons. The van der Waals surface area contributed by atoms with E-state index in [0.29, 0.717) is 6.04 Å². The number of rotatable bonds is 3. The number of methoxy groups -OCH3 is 1. The zero-order valence-electron chi connectivity index (χ0n) is 13.3. The van der Waals surface area contributed by atoms with Gasteiger partial charge in [-0.25, -0.2) is 4.98 Å². The van der Waals surface area contributed by atoms with E-state index in [2.05, 4.69) is 50.9 Å². The van der Waals surface area contributed by atoms with Gasteiger partial charge >= 0.3 is 0 Å². The first kappa shape index (κ1) is 15.6. The van der Waals surface area contributed by atoms with Crippen molar-refractivity contribution in [1.82, 2.24) is 9.88 Å². The number of pyridine rings is 1. The van der Waals surface area contributed by atoms with Gasteiger partial charge in [-0.05, 0) is 67.1 Å². The molecule has 1 fully saturated rings. The van der Waals surface area contributed by atoms with Crippen LogP contribution < -0.4 is 9.64 Å². The maximum Gasteiger partial charge on any atom is 0.136 e. The van der Waals surface area contributed by atoms with Crippen LogP contribution in [0.3, 0.4) is 0 Å². The van der Waals surface area contributed by atoms with Crippen molar-refractivity contribution in [3.05, 3.63) is 28.9 Å². The second kappa shape index (κ2) is 6.42. The van der Waals surface area contributed by atoms with E-state index >= 15 is 0 Å². The van der Waals surface area contributed by atoms with Crippen LogP contribution in [-0.2, 0) is 0 Å². The van der Waals surface area contributed by atoms with E-state index in [9.17, 15) is 0 Å². The summed E-state index contributed by atoms with van der Waals surface area (Å²) in [4.78, 5) is 9.38. The van der Waals surface area contributed by atoms with Gasteiger partial charge in [0.05, 0.1) is 11.6 Å². The lowest BCUT2D eigenvalue weighted by atomic mass is 10.0. The Hall–Kier alpha value is -1.33. The molecule has 1 aliphatic rings. The third kappa shape index (κ3) is 2.79. The van der Waals surface area contributed by atoms with Crippen LogP contribution in [0.4, 0.5) is 5.82 Å². The summed E-state index contributed by atoms with van der Waals surface area (Å²) in [6.07, 6.45) is 4.25. The summed E-state index contributed by atoms with van der Waals surface area (Å²) in [5.41, 5.74) is 0. The molecule has 0 spiro atoms. The molecule has 0 unspecified atom stereocenters. The molecular weight excluding hydrogens is 342 g/mol. The van der Waals surface area contributed by atoms with Gasteiger partial charge in [-0.3, -0.25) is 0 Å². The molecule has 1 aromatic carbocycles. The zero-order chi connectivity index (χ0) is 15.7. The molecule has 0 bridgehead atoms. The molecular formula is C17H22BrN3O. The topological polar surface area (TPSA) is 28.6 Å². The standard InChI is InChI=1S/C17H22BrN3O/c1-20-10-7-12(8-11-20)21(2)17-14-4-5-15(22-3)16(18)13(14)6-9-19-17/h4-6,9,12H,7-8,10-11H2,1-3H3. The Labute approximate surface area is 140 Å². The van der Waals surface area contributed by atoms with Crippen molar-refractivity contribution >= 4 is 32.5 Å². The molecule has 2 aromatic rings. The van der Waals surface area contributed by atoms with Gasteiger partial charge in [0.1, 0.15) is 11.6 Å². The van der Waals surface area contributed by atoms with Crippen LogP contribution in [0.25, 0.3) is 10.8 Å². The van der Waals surface area contributed by atoms with Crippen molar-refractivity contribution in [2.75, 3.05) is 39.2 Å². The summed E-state index contributed by atoms with van der Waals surface area (Å²) < 4.78 is 6.39. The van der Waals surface area contributed by atoms with E-state index in [1.807, 2.05) is 18.3 Å². The molecule has 2 heterocycles. The number of ether oxygens (including phenoxy) is 1. The SMILES string of the molecule is COc1ccc2c(N(C)C3CCN(C)CC3)nccc2c1Br. The summed E-state index contributed by atoms with van der Waals surface area (Å²) in [6.45, 7) is 2.30. The molecule has 4 nitrogen and oxygen atoms in total. The van der Waals surface area contributed by atoms with Crippen molar-refractivity contribution in [2.45, 2.75) is 18.9 Å². The largest absolute Gasteiger partial charge is 0.496 e. The smallest absolute Gasteiger partial charge is 0.136 e. The number of fused-ring (bicyclic) bond motifs is 1. The van der Waals surface area contributed by atoms with E-state index in [0.717, 1.165) is 39.9 Å². The van der Waals surface area contributed by atoms with Crippen LogP contribution in [0, 0.1) is 0 Å². The molecule has 0 saturated carbocycles. The van der Waals surface area contributed by atoms with E-state index < -0.39 is 0 Å². The number of nitrogens with zero attached hydrogens (tertiary/aromatic N) is 3. The summed E-state index contributed by atoms with van der Waals surface area (Å²) in [5, 5.41) is 2.31. The van der Waals surface area contributed by atoms with Crippen molar-refractivity contribution in [3.63, 3.8) is 0 Å². The highest BCUT2D eigenvalue weighted by Gasteiger charge is 2.23. The number of aromatic nitrogens is 1. The molecule has 5 heteroatoms. The van der Waals surface area contributed by atoms with E-state index in [1.165, 1.54) is 12.8 Å². The molecule has 1 aliphatic heterocycles. The van der Waals surface area contributed by atoms with Crippen LogP contribution in [0.15, 0.2) is 28.9 Å². The highest BCUT2D eigenvalue weighted by Crippen LogP contribution is 2.36. The molecule has 22 heavy (non-hydrogen) atoms. The van der Waals surface area contributed by atoms with Crippen LogP contribution in [0.1, 0.15) is 12.8 Å². The fourth-order valence-corrected chi connectivity index (χ4v) is 3.82. The molecule has 0 N–H and O–H groups in total. The van der Waals surface area contributed by atoms with Gasteiger partial charge in [-0.1, -0.05) is 0 Å². The normalized spacial score (nSPS) is 16.9. The Balaban J connectivity index is 1.98. The number of anilines is 1. The van der Waals surface area contributed by atoms with Gasteiger partial charge in [0.15, 0.2) is 0 Å². The number of hydrogen-bond donors (Lipinski definition) is 0. The maximum atomic E-state index is 5.40. The molecule has 3 rings (SSSR count). The predicted molar refractivity (Wildman–Crippen MR) is 94.9 cm³/mol. The van der Waals surface area contributed by atoms with Gasteiger partial charge in [0.25, 0.3) is 0 Å². The minimum absolute atomic E-state index is 0.551. The van der Waals surface area contributed by atoms with E-state index in [1.54, 1.807) is 7.11 Å². The lowest BCUT2D eigenvalue weighted by Crippen LogP contribution is -2.42. The quantitative estimate of drug-likeness (QED) is 0.833. The Kier molecular flexibility index (Phi) is 4.54. The van der Waals surface area contributed by atoms with Crippen molar-refractivity contribution in [2.24, 2.45) is 0 Å². The molecule has 0 aliphatic carbocycles. The molecule has 0 atom stereocenters. The second-order valence-electron chi connectivity index (χ2n) is 5.96. The number of hydrogen-bond acceptors (Lipinski definition) is 4. The van der Waals surface area contributed by atoms with Gasteiger partial charge in [0, 0.05) is 30.1 Å². The van der Waals surface area contributed by atoms with Gasteiger partial charge < -0.3 is 14.5 Å². The summed E-state index contributed by atoms with van der Waals surface area (Å²) >= 11 is 3.65. The average Bonchev–Trinajstić information content (AvgIpc) is 2.55. The second-order valence-corrected chi connectivity index (χ2v) is 6.75. The number of benzene rings is 1. The summed E-state index contributed by atoms with van der Waals surface area (Å²) in [6, 6.07) is 6.69. The molecule has 1 saturated heterocycles. The van der Waals surface area contributed by atoms with Crippen LogP contribution in [0.2, 0.25) is 0 Å². The molecule has 0 amide bonds. The third-order valence-corrected chi connectivity index (χ3v) is 5.43. The van der Waals surface area contributed by atoms with Gasteiger partial charge in [0.2, 0.25) is 0 Å². The number of halogens is 1. The zero-order valence-corrected chi connectivity index (χ0v) is 14.9. The van der Waals surface area contributed by atoms with Crippen molar-refractivity contribution < 1.29 is 4.74 Å². The lowest BCUT2D eigenvalue weighted by Gasteiger charge is -2.36. The monoisotopic (exact) mass is 363 g/mol. The highest BCUT2D eigenvalue weighted by molar-refractivity contribution is 9.10. The number of likely N-dealkylation sites (tertiary alicyclic amines) is 1. The van der Waals surface area contributed by atoms with Crippen molar-refractivity contribution in [1.29, 1.82) is 0 Å². The van der Waals surface area contributed by atoms with Gasteiger partial charge in [-0.15, -0.1) is 0 Å². The van der Waals surface area contributed by atoms with Crippen LogP contribution >= 0.6 is 15.9 Å². The minimum atomic E-state index is 0.551. The minimum Gasteiger partial charge on any atom is -0.496 e. The van der Waals surface area contributed by atoms with E-state index in [4.69, 9.17) is 4.74 Å².